The van der Waals surface area contributed by atoms with E-state index in [0.29, 0.717) is 0 Å². The van der Waals surface area contributed by atoms with Gasteiger partial charge in [-0.15, -0.1) is 0 Å². The zero-order chi connectivity index (χ0) is 17.1. The summed E-state index contributed by atoms with van der Waals surface area (Å²) in [4.78, 5) is 12.1. The SMILES string of the molecule is O=C(NN=Cc1c(F)cccc1F)c1cc2ccccc2cc1O. The normalized spacial score (nSPS) is 11.1. The van der Waals surface area contributed by atoms with Gasteiger partial charge in [-0.2, -0.15) is 5.10 Å². The van der Waals surface area contributed by atoms with Crippen molar-refractivity contribution in [1.82, 2.24) is 5.43 Å². The van der Waals surface area contributed by atoms with Crippen LogP contribution < -0.4 is 5.43 Å². The summed E-state index contributed by atoms with van der Waals surface area (Å²) in [5.41, 5.74) is 1.80. The van der Waals surface area contributed by atoms with Gasteiger partial charge in [-0.05, 0) is 35.0 Å². The van der Waals surface area contributed by atoms with E-state index in [0.717, 1.165) is 29.1 Å². The van der Waals surface area contributed by atoms with Gasteiger partial charge in [0.15, 0.2) is 0 Å². The Morgan fingerprint density at radius 2 is 1.62 bits per heavy atom. The fourth-order valence-electron chi connectivity index (χ4n) is 2.26. The van der Waals surface area contributed by atoms with Gasteiger partial charge in [-0.1, -0.05) is 30.3 Å². The molecule has 0 aliphatic carbocycles. The molecule has 0 aliphatic heterocycles. The molecule has 0 radical (unpaired) electrons. The maximum absolute atomic E-state index is 13.5. The Balaban J connectivity index is 1.83. The van der Waals surface area contributed by atoms with E-state index in [2.05, 4.69) is 10.5 Å². The van der Waals surface area contributed by atoms with E-state index in [1.807, 2.05) is 6.07 Å². The van der Waals surface area contributed by atoms with Gasteiger partial charge in [0, 0.05) is 0 Å². The summed E-state index contributed by atoms with van der Waals surface area (Å²) in [5, 5.41) is 15.0. The standard InChI is InChI=1S/C18H12F2N2O2/c19-15-6-3-7-16(20)14(15)10-21-22-18(24)13-8-11-4-1-2-5-12(11)9-17(13)23/h1-10,23H,(H,22,24). The third-order valence-corrected chi connectivity index (χ3v) is 3.47. The molecule has 0 saturated heterocycles. The number of nitrogens with one attached hydrogen (secondary N) is 1. The Hall–Kier alpha value is -3.28. The van der Waals surface area contributed by atoms with Crippen molar-refractivity contribution >= 4 is 22.9 Å². The average Bonchev–Trinajstić information content (AvgIpc) is 2.56. The molecule has 0 fully saturated rings. The number of fused-ring (bicyclic) bond motifs is 1. The van der Waals surface area contributed by atoms with Gasteiger partial charge >= 0.3 is 0 Å². The fraction of sp³-hybridized carbons (Fsp3) is 0. The van der Waals surface area contributed by atoms with Crippen molar-refractivity contribution in [3.63, 3.8) is 0 Å². The third kappa shape index (κ3) is 3.08. The minimum absolute atomic E-state index is 0.0138. The molecule has 120 valence electrons. The highest BCUT2D eigenvalue weighted by Crippen LogP contribution is 2.24. The van der Waals surface area contributed by atoms with Crippen LogP contribution in [0.15, 0.2) is 59.7 Å². The van der Waals surface area contributed by atoms with Crippen LogP contribution in [0.3, 0.4) is 0 Å². The van der Waals surface area contributed by atoms with E-state index < -0.39 is 17.5 Å². The minimum atomic E-state index is -0.790. The van der Waals surface area contributed by atoms with Crippen molar-refractivity contribution in [2.24, 2.45) is 5.10 Å². The number of nitrogens with zero attached hydrogens (tertiary/aromatic N) is 1. The number of aromatic hydroxyl groups is 1. The van der Waals surface area contributed by atoms with Gasteiger partial charge in [-0.25, -0.2) is 14.2 Å². The van der Waals surface area contributed by atoms with Gasteiger partial charge in [0.25, 0.3) is 5.91 Å². The molecular formula is C18H12F2N2O2. The first-order chi connectivity index (χ1) is 11.6. The summed E-state index contributed by atoms with van der Waals surface area (Å²) in [7, 11) is 0. The lowest BCUT2D eigenvalue weighted by molar-refractivity contribution is 0.0952. The van der Waals surface area contributed by atoms with Crippen LogP contribution in [0.4, 0.5) is 8.78 Å². The highest BCUT2D eigenvalue weighted by Gasteiger charge is 2.12. The number of hydrogen-bond donors (Lipinski definition) is 2. The van der Waals surface area contributed by atoms with Gasteiger partial charge in [0.05, 0.1) is 17.3 Å². The molecule has 0 aromatic heterocycles. The summed E-state index contributed by atoms with van der Waals surface area (Å²) in [6, 6.07) is 13.6. The molecule has 4 nitrogen and oxygen atoms in total. The number of benzene rings is 3. The molecule has 0 saturated carbocycles. The second-order valence-corrected chi connectivity index (χ2v) is 5.05. The van der Waals surface area contributed by atoms with Crippen molar-refractivity contribution in [3.8, 4) is 5.75 Å². The first-order valence-corrected chi connectivity index (χ1v) is 7.05. The Morgan fingerprint density at radius 3 is 2.29 bits per heavy atom. The van der Waals surface area contributed by atoms with Crippen molar-refractivity contribution in [2.75, 3.05) is 0 Å². The second-order valence-electron chi connectivity index (χ2n) is 5.05. The van der Waals surface area contributed by atoms with Gasteiger partial charge < -0.3 is 5.11 Å². The molecule has 3 rings (SSSR count). The number of hydrazone groups is 1. The number of phenolic OH excluding ortho intramolecular Hbond substituents is 1. The van der Waals surface area contributed by atoms with E-state index in [1.165, 1.54) is 18.2 Å². The highest BCUT2D eigenvalue weighted by atomic mass is 19.1. The van der Waals surface area contributed by atoms with Gasteiger partial charge in [0.1, 0.15) is 17.4 Å². The molecule has 3 aromatic carbocycles. The van der Waals surface area contributed by atoms with Crippen LogP contribution >= 0.6 is 0 Å². The van der Waals surface area contributed by atoms with E-state index in [1.54, 1.807) is 18.2 Å². The lowest BCUT2D eigenvalue weighted by atomic mass is 10.1. The van der Waals surface area contributed by atoms with E-state index >= 15 is 0 Å². The number of carbonyl (C=O) groups excluding carboxylic acids is 1. The van der Waals surface area contributed by atoms with Crippen molar-refractivity contribution in [3.05, 3.63) is 77.4 Å². The van der Waals surface area contributed by atoms with Crippen molar-refractivity contribution < 1.29 is 18.7 Å². The van der Waals surface area contributed by atoms with Gasteiger partial charge in [-0.3, -0.25) is 4.79 Å². The third-order valence-electron chi connectivity index (χ3n) is 3.47. The molecule has 0 spiro atoms. The summed E-state index contributed by atoms with van der Waals surface area (Å²) in [5.74, 6) is -2.48. The largest absolute Gasteiger partial charge is 0.507 e. The van der Waals surface area contributed by atoms with Crippen molar-refractivity contribution in [2.45, 2.75) is 0 Å². The molecule has 2 N–H and O–H groups in total. The first-order valence-electron chi connectivity index (χ1n) is 7.05. The zero-order valence-electron chi connectivity index (χ0n) is 12.3. The number of halogens is 2. The van der Waals surface area contributed by atoms with Crippen LogP contribution in [0.5, 0.6) is 5.75 Å². The van der Waals surface area contributed by atoms with E-state index in [9.17, 15) is 18.7 Å². The Kier molecular flexibility index (Phi) is 4.20. The highest BCUT2D eigenvalue weighted by molar-refractivity contribution is 6.01. The smallest absolute Gasteiger partial charge is 0.275 e. The monoisotopic (exact) mass is 326 g/mol. The molecule has 0 bridgehead atoms. The predicted octanol–water partition coefficient (Wildman–Crippen LogP) is 3.59. The Bertz CT molecular complexity index is 935. The molecule has 0 unspecified atom stereocenters. The maximum atomic E-state index is 13.5. The van der Waals surface area contributed by atoms with Crippen LogP contribution in [-0.2, 0) is 0 Å². The van der Waals surface area contributed by atoms with Crippen LogP contribution in [0.2, 0.25) is 0 Å². The van der Waals surface area contributed by atoms with Crippen LogP contribution in [-0.4, -0.2) is 17.2 Å². The molecular weight excluding hydrogens is 314 g/mol. The average molecular weight is 326 g/mol. The zero-order valence-corrected chi connectivity index (χ0v) is 12.3. The first kappa shape index (κ1) is 15.6. The maximum Gasteiger partial charge on any atom is 0.275 e. The molecule has 6 heteroatoms. The molecule has 0 atom stereocenters. The lowest BCUT2D eigenvalue weighted by Gasteiger charge is -2.06. The summed E-state index contributed by atoms with van der Waals surface area (Å²) >= 11 is 0. The van der Waals surface area contributed by atoms with Crippen LogP contribution in [0.1, 0.15) is 15.9 Å². The van der Waals surface area contributed by atoms with E-state index in [-0.39, 0.29) is 16.9 Å². The molecule has 24 heavy (non-hydrogen) atoms. The number of rotatable bonds is 3. The number of carbonyl (C=O) groups is 1. The molecule has 1 amide bonds. The Morgan fingerprint density at radius 1 is 1.00 bits per heavy atom. The summed E-state index contributed by atoms with van der Waals surface area (Å²) in [6.07, 6.45) is 0.876. The summed E-state index contributed by atoms with van der Waals surface area (Å²) in [6.45, 7) is 0. The second kappa shape index (κ2) is 6.45. The molecule has 0 heterocycles. The Labute approximate surface area is 136 Å². The van der Waals surface area contributed by atoms with Crippen molar-refractivity contribution in [1.29, 1.82) is 0 Å². The van der Waals surface area contributed by atoms with Gasteiger partial charge in [0.2, 0.25) is 0 Å². The summed E-state index contributed by atoms with van der Waals surface area (Å²) < 4.78 is 26.9. The number of amides is 1. The number of hydrogen-bond acceptors (Lipinski definition) is 3. The molecule has 0 aliphatic rings. The minimum Gasteiger partial charge on any atom is -0.507 e. The van der Waals surface area contributed by atoms with Crippen LogP contribution in [0, 0.1) is 11.6 Å². The lowest BCUT2D eigenvalue weighted by Crippen LogP contribution is -2.18. The topological polar surface area (TPSA) is 61.7 Å². The fourth-order valence-corrected chi connectivity index (χ4v) is 2.26. The van der Waals surface area contributed by atoms with E-state index in [4.69, 9.17) is 0 Å². The quantitative estimate of drug-likeness (QED) is 0.571. The predicted molar refractivity (Wildman–Crippen MR) is 87.0 cm³/mol. The van der Waals surface area contributed by atoms with Crippen LogP contribution in [0.25, 0.3) is 10.8 Å². The number of phenols is 1. The molecule has 3 aromatic rings.